The van der Waals surface area contributed by atoms with E-state index in [-0.39, 0.29) is 0 Å². The molecule has 2 atom stereocenters. The Balaban J connectivity index is 1.72. The van der Waals surface area contributed by atoms with Crippen molar-refractivity contribution in [3.8, 4) is 0 Å². The van der Waals surface area contributed by atoms with Crippen molar-refractivity contribution in [2.45, 2.75) is 51.2 Å². The van der Waals surface area contributed by atoms with Crippen LogP contribution in [0.4, 0.5) is 0 Å². The molecular formula is C17H24BrClN2. The zero-order chi connectivity index (χ0) is 14.8. The molecule has 1 N–H and O–H groups in total. The maximum atomic E-state index is 6.42. The molecular weight excluding hydrogens is 348 g/mol. The van der Waals surface area contributed by atoms with Gasteiger partial charge in [-0.15, -0.1) is 0 Å². The maximum absolute atomic E-state index is 6.42. The van der Waals surface area contributed by atoms with Gasteiger partial charge in [-0.25, -0.2) is 0 Å². The number of hydrogen-bond acceptors (Lipinski definition) is 2. The number of hydrogen-bond donors (Lipinski definition) is 1. The van der Waals surface area contributed by atoms with Gasteiger partial charge in [-0.2, -0.15) is 0 Å². The molecule has 0 aromatic heterocycles. The van der Waals surface area contributed by atoms with Gasteiger partial charge >= 0.3 is 0 Å². The Labute approximate surface area is 141 Å². The van der Waals surface area contributed by atoms with E-state index in [4.69, 9.17) is 11.6 Å². The third kappa shape index (κ3) is 4.01. The van der Waals surface area contributed by atoms with Gasteiger partial charge in [-0.05, 0) is 42.9 Å². The average Bonchev–Trinajstić information content (AvgIpc) is 3.27. The first-order chi connectivity index (χ1) is 10.2. The van der Waals surface area contributed by atoms with Crippen LogP contribution in [0.25, 0.3) is 0 Å². The van der Waals surface area contributed by atoms with Gasteiger partial charge in [-0.3, -0.25) is 4.90 Å². The molecule has 3 rings (SSSR count). The van der Waals surface area contributed by atoms with E-state index in [1.165, 1.54) is 31.2 Å². The molecule has 1 aliphatic heterocycles. The summed E-state index contributed by atoms with van der Waals surface area (Å²) in [5, 5.41) is 4.63. The van der Waals surface area contributed by atoms with Gasteiger partial charge in [0.15, 0.2) is 0 Å². The molecule has 0 spiro atoms. The minimum atomic E-state index is 0.638. The van der Waals surface area contributed by atoms with Crippen LogP contribution in [0.1, 0.15) is 38.2 Å². The molecule has 1 saturated heterocycles. The molecule has 2 fully saturated rings. The van der Waals surface area contributed by atoms with Crippen LogP contribution in [0, 0.1) is 5.92 Å². The van der Waals surface area contributed by atoms with Gasteiger partial charge < -0.3 is 5.32 Å². The molecule has 2 aliphatic rings. The number of halogens is 2. The van der Waals surface area contributed by atoms with Crippen molar-refractivity contribution in [1.82, 2.24) is 10.2 Å². The number of piperazine rings is 1. The van der Waals surface area contributed by atoms with Gasteiger partial charge in [0, 0.05) is 41.2 Å². The van der Waals surface area contributed by atoms with Gasteiger partial charge in [0.1, 0.15) is 0 Å². The van der Waals surface area contributed by atoms with E-state index in [9.17, 15) is 0 Å². The normalized spacial score (nSPS) is 27.0. The second-order valence-electron chi connectivity index (χ2n) is 6.46. The van der Waals surface area contributed by atoms with Gasteiger partial charge in [-0.1, -0.05) is 46.9 Å². The van der Waals surface area contributed by atoms with Crippen LogP contribution in [-0.4, -0.2) is 30.1 Å². The second-order valence-corrected chi connectivity index (χ2v) is 7.79. The molecule has 4 heteroatoms. The van der Waals surface area contributed by atoms with Crippen LogP contribution < -0.4 is 5.32 Å². The van der Waals surface area contributed by atoms with Crippen molar-refractivity contribution >= 4 is 27.5 Å². The van der Waals surface area contributed by atoms with Crippen molar-refractivity contribution < 1.29 is 0 Å². The summed E-state index contributed by atoms with van der Waals surface area (Å²) in [6.45, 7) is 5.55. The van der Waals surface area contributed by atoms with E-state index in [0.717, 1.165) is 35.0 Å². The van der Waals surface area contributed by atoms with Crippen molar-refractivity contribution in [2.75, 3.05) is 13.1 Å². The molecule has 1 aliphatic carbocycles. The summed E-state index contributed by atoms with van der Waals surface area (Å²) >= 11 is 9.91. The number of nitrogens with zero attached hydrogens (tertiary/aromatic N) is 1. The van der Waals surface area contributed by atoms with E-state index in [0.29, 0.717) is 12.1 Å². The lowest BCUT2D eigenvalue weighted by molar-refractivity contribution is 0.104. The SMILES string of the molecule is CCCC1CN(Cc2ccc(Br)cc2Cl)C(C2CC2)CN1. The molecule has 0 amide bonds. The topological polar surface area (TPSA) is 15.3 Å². The van der Waals surface area contributed by atoms with Crippen LogP contribution in [-0.2, 0) is 6.54 Å². The fourth-order valence-corrected chi connectivity index (χ4v) is 4.17. The van der Waals surface area contributed by atoms with Crippen LogP contribution in [0.5, 0.6) is 0 Å². The Morgan fingerprint density at radius 3 is 2.86 bits per heavy atom. The fourth-order valence-electron chi connectivity index (χ4n) is 3.44. The third-order valence-corrected chi connectivity index (χ3v) is 5.58. The van der Waals surface area contributed by atoms with E-state index in [1.54, 1.807) is 0 Å². The molecule has 2 nitrogen and oxygen atoms in total. The molecule has 0 radical (unpaired) electrons. The Kier molecular flexibility index (Phi) is 5.26. The monoisotopic (exact) mass is 370 g/mol. The lowest BCUT2D eigenvalue weighted by atomic mass is 10.0. The molecule has 1 heterocycles. The molecule has 1 aromatic carbocycles. The van der Waals surface area contributed by atoms with E-state index in [2.05, 4.69) is 45.2 Å². The Hall–Kier alpha value is -0.0900. The van der Waals surface area contributed by atoms with Crippen molar-refractivity contribution in [3.05, 3.63) is 33.3 Å². The minimum Gasteiger partial charge on any atom is -0.311 e. The lowest BCUT2D eigenvalue weighted by Crippen LogP contribution is -2.56. The van der Waals surface area contributed by atoms with Crippen molar-refractivity contribution in [1.29, 1.82) is 0 Å². The highest BCUT2D eigenvalue weighted by Crippen LogP contribution is 2.37. The van der Waals surface area contributed by atoms with Gasteiger partial charge in [0.05, 0.1) is 0 Å². The van der Waals surface area contributed by atoms with Gasteiger partial charge in [0.2, 0.25) is 0 Å². The summed E-state index contributed by atoms with van der Waals surface area (Å²) in [7, 11) is 0. The largest absolute Gasteiger partial charge is 0.311 e. The van der Waals surface area contributed by atoms with Crippen LogP contribution in [0.3, 0.4) is 0 Å². The molecule has 21 heavy (non-hydrogen) atoms. The quantitative estimate of drug-likeness (QED) is 0.822. The summed E-state index contributed by atoms with van der Waals surface area (Å²) in [6, 6.07) is 7.60. The lowest BCUT2D eigenvalue weighted by Gasteiger charge is -2.41. The predicted molar refractivity (Wildman–Crippen MR) is 92.8 cm³/mol. The van der Waals surface area contributed by atoms with Crippen LogP contribution in [0.15, 0.2) is 22.7 Å². The molecule has 2 unspecified atom stereocenters. The van der Waals surface area contributed by atoms with Gasteiger partial charge in [0.25, 0.3) is 0 Å². The highest BCUT2D eigenvalue weighted by molar-refractivity contribution is 9.10. The highest BCUT2D eigenvalue weighted by Gasteiger charge is 2.38. The summed E-state index contributed by atoms with van der Waals surface area (Å²) < 4.78 is 1.05. The summed E-state index contributed by atoms with van der Waals surface area (Å²) in [5.41, 5.74) is 1.25. The molecule has 1 aromatic rings. The van der Waals surface area contributed by atoms with E-state index < -0.39 is 0 Å². The molecule has 0 bridgehead atoms. The van der Waals surface area contributed by atoms with Crippen molar-refractivity contribution in [3.63, 3.8) is 0 Å². The van der Waals surface area contributed by atoms with Crippen LogP contribution in [0.2, 0.25) is 5.02 Å². The average molecular weight is 372 g/mol. The summed E-state index contributed by atoms with van der Waals surface area (Å²) in [6.07, 6.45) is 5.31. The number of nitrogens with one attached hydrogen (secondary N) is 1. The smallest absolute Gasteiger partial charge is 0.0462 e. The number of rotatable bonds is 5. The molecule has 116 valence electrons. The Bertz CT molecular complexity index is 490. The summed E-state index contributed by atoms with van der Waals surface area (Å²) in [5.74, 6) is 0.898. The second kappa shape index (κ2) is 6.99. The van der Waals surface area contributed by atoms with E-state index >= 15 is 0 Å². The fraction of sp³-hybridized carbons (Fsp3) is 0.647. The van der Waals surface area contributed by atoms with Crippen LogP contribution >= 0.6 is 27.5 Å². The first-order valence-corrected chi connectivity index (χ1v) is 9.26. The Morgan fingerprint density at radius 2 is 2.19 bits per heavy atom. The molecule has 1 saturated carbocycles. The minimum absolute atomic E-state index is 0.638. The predicted octanol–water partition coefficient (Wildman–Crippen LogP) is 4.46. The zero-order valence-electron chi connectivity index (χ0n) is 12.6. The standard InChI is InChI=1S/C17H24BrClN2/c1-2-3-15-11-21(17(9-20-15)12-4-5-12)10-13-6-7-14(18)8-16(13)19/h6-8,12,15,17,20H,2-5,9-11H2,1H3. The Morgan fingerprint density at radius 1 is 1.38 bits per heavy atom. The highest BCUT2D eigenvalue weighted by atomic mass is 79.9. The first-order valence-electron chi connectivity index (χ1n) is 8.08. The summed E-state index contributed by atoms with van der Waals surface area (Å²) in [4.78, 5) is 2.67. The maximum Gasteiger partial charge on any atom is 0.0462 e. The zero-order valence-corrected chi connectivity index (χ0v) is 15.0. The third-order valence-electron chi connectivity index (χ3n) is 4.73. The number of benzene rings is 1. The first kappa shape index (κ1) is 15.8. The van der Waals surface area contributed by atoms with E-state index in [1.807, 2.05) is 6.07 Å². The van der Waals surface area contributed by atoms with Crippen molar-refractivity contribution in [2.24, 2.45) is 5.92 Å².